The second-order valence-corrected chi connectivity index (χ2v) is 8.50. The zero-order valence-corrected chi connectivity index (χ0v) is 18.5. The first kappa shape index (κ1) is 19.6. The third-order valence-electron chi connectivity index (χ3n) is 5.77. The molecule has 0 aliphatic rings. The number of hydrogen-bond acceptors (Lipinski definition) is 4. The number of aryl methyl sites for hydroxylation is 1. The Morgan fingerprint density at radius 1 is 0.879 bits per heavy atom. The van der Waals surface area contributed by atoms with Gasteiger partial charge in [-0.05, 0) is 42.8 Å². The number of hydrogen-bond donors (Lipinski definition) is 0. The average Bonchev–Trinajstić information content (AvgIpc) is 3.14. The molecule has 0 unspecified atom stereocenters. The van der Waals surface area contributed by atoms with Gasteiger partial charge >= 0.3 is 0 Å². The smallest absolute Gasteiger partial charge is 0.265 e. The first-order valence-electron chi connectivity index (χ1n) is 10.6. The van der Waals surface area contributed by atoms with Crippen LogP contribution in [-0.4, -0.2) is 24.1 Å². The molecule has 0 amide bonds. The molecular formula is C26H18ClN5O. The van der Waals surface area contributed by atoms with E-state index >= 15 is 0 Å². The SMILES string of the molecule is Cc1ccc(Cn2cnc3c(c2=O)c2nc4ccccc4nc2n3-c2cccc(Cl)c2)cc1. The second kappa shape index (κ2) is 7.53. The summed E-state index contributed by atoms with van der Waals surface area (Å²) in [4.78, 5) is 28.0. The van der Waals surface area contributed by atoms with Crippen LogP contribution in [0, 0.1) is 6.92 Å². The van der Waals surface area contributed by atoms with Gasteiger partial charge in [0.25, 0.3) is 5.56 Å². The van der Waals surface area contributed by atoms with E-state index in [4.69, 9.17) is 26.6 Å². The third kappa shape index (κ3) is 3.27. The van der Waals surface area contributed by atoms with Gasteiger partial charge in [-0.25, -0.2) is 15.0 Å². The quantitative estimate of drug-likeness (QED) is 0.366. The molecule has 3 heterocycles. The van der Waals surface area contributed by atoms with Crippen molar-refractivity contribution < 1.29 is 0 Å². The molecule has 0 aliphatic carbocycles. The highest BCUT2D eigenvalue weighted by Crippen LogP contribution is 2.29. The molecule has 3 aromatic heterocycles. The lowest BCUT2D eigenvalue weighted by Crippen LogP contribution is -2.21. The lowest BCUT2D eigenvalue weighted by molar-refractivity contribution is 0.746. The summed E-state index contributed by atoms with van der Waals surface area (Å²) >= 11 is 6.28. The van der Waals surface area contributed by atoms with Crippen molar-refractivity contribution in [1.29, 1.82) is 0 Å². The number of halogens is 1. The summed E-state index contributed by atoms with van der Waals surface area (Å²) < 4.78 is 3.47. The summed E-state index contributed by atoms with van der Waals surface area (Å²) in [5, 5.41) is 1.03. The van der Waals surface area contributed by atoms with Gasteiger partial charge in [0.1, 0.15) is 17.2 Å². The summed E-state index contributed by atoms with van der Waals surface area (Å²) in [6.45, 7) is 2.46. The molecule has 0 saturated heterocycles. The van der Waals surface area contributed by atoms with Gasteiger partial charge < -0.3 is 0 Å². The van der Waals surface area contributed by atoms with E-state index in [-0.39, 0.29) is 5.56 Å². The maximum absolute atomic E-state index is 13.7. The summed E-state index contributed by atoms with van der Waals surface area (Å²) in [6, 6.07) is 23.2. The van der Waals surface area contributed by atoms with E-state index in [1.807, 2.05) is 84.3 Å². The Kier molecular flexibility index (Phi) is 4.48. The minimum atomic E-state index is -0.157. The van der Waals surface area contributed by atoms with Crippen LogP contribution in [0.5, 0.6) is 0 Å². The van der Waals surface area contributed by atoms with Gasteiger partial charge in [-0.15, -0.1) is 0 Å². The van der Waals surface area contributed by atoms with Crippen molar-refractivity contribution in [3.8, 4) is 5.69 Å². The molecule has 0 atom stereocenters. The highest BCUT2D eigenvalue weighted by atomic mass is 35.5. The first-order chi connectivity index (χ1) is 16.1. The summed E-state index contributed by atoms with van der Waals surface area (Å²) in [5.74, 6) is 0. The normalized spacial score (nSPS) is 11.6. The van der Waals surface area contributed by atoms with Gasteiger partial charge in [-0.1, -0.05) is 59.6 Å². The van der Waals surface area contributed by atoms with Gasteiger partial charge in [0, 0.05) is 5.02 Å². The summed E-state index contributed by atoms with van der Waals surface area (Å²) in [5.41, 5.74) is 5.90. The van der Waals surface area contributed by atoms with Crippen molar-refractivity contribution in [2.45, 2.75) is 13.5 Å². The maximum Gasteiger partial charge on any atom is 0.265 e. The molecule has 7 heteroatoms. The van der Waals surface area contributed by atoms with E-state index in [9.17, 15) is 4.79 Å². The molecule has 0 spiro atoms. The van der Waals surface area contributed by atoms with Gasteiger partial charge in [-0.2, -0.15) is 0 Å². The molecule has 0 bridgehead atoms. The fourth-order valence-corrected chi connectivity index (χ4v) is 4.32. The van der Waals surface area contributed by atoms with Crippen LogP contribution in [0.3, 0.4) is 0 Å². The number of benzene rings is 3. The molecule has 6 nitrogen and oxygen atoms in total. The lowest BCUT2D eigenvalue weighted by Gasteiger charge is -2.08. The summed E-state index contributed by atoms with van der Waals surface area (Å²) in [6.07, 6.45) is 1.59. The number of rotatable bonds is 3. The fourth-order valence-electron chi connectivity index (χ4n) is 4.13. The molecule has 0 saturated carbocycles. The van der Waals surface area contributed by atoms with E-state index in [1.54, 1.807) is 10.9 Å². The Labute approximate surface area is 193 Å². The topological polar surface area (TPSA) is 65.6 Å². The largest absolute Gasteiger partial charge is 0.294 e. The second-order valence-electron chi connectivity index (χ2n) is 8.06. The highest BCUT2D eigenvalue weighted by molar-refractivity contribution is 6.30. The van der Waals surface area contributed by atoms with Crippen molar-refractivity contribution in [3.63, 3.8) is 0 Å². The number of nitrogens with zero attached hydrogens (tertiary/aromatic N) is 5. The van der Waals surface area contributed by atoms with E-state index in [1.165, 1.54) is 5.56 Å². The van der Waals surface area contributed by atoms with E-state index in [0.29, 0.717) is 33.8 Å². The molecule has 6 aromatic rings. The number of aromatic nitrogens is 5. The first-order valence-corrected chi connectivity index (χ1v) is 10.9. The predicted molar refractivity (Wildman–Crippen MR) is 131 cm³/mol. The Morgan fingerprint density at radius 2 is 1.64 bits per heavy atom. The molecule has 0 fully saturated rings. The van der Waals surface area contributed by atoms with E-state index < -0.39 is 0 Å². The van der Waals surface area contributed by atoms with Crippen LogP contribution in [0.15, 0.2) is 83.9 Å². The van der Waals surface area contributed by atoms with Crippen LogP contribution in [0.2, 0.25) is 5.02 Å². The van der Waals surface area contributed by atoms with Crippen molar-refractivity contribution in [2.75, 3.05) is 0 Å². The molecule has 160 valence electrons. The average molecular weight is 452 g/mol. The van der Waals surface area contributed by atoms with Crippen LogP contribution in [0.4, 0.5) is 0 Å². The van der Waals surface area contributed by atoms with Crippen LogP contribution < -0.4 is 5.56 Å². The lowest BCUT2D eigenvalue weighted by atomic mass is 10.1. The predicted octanol–water partition coefficient (Wildman–Crippen LogP) is 5.29. The van der Waals surface area contributed by atoms with Crippen molar-refractivity contribution in [2.24, 2.45) is 0 Å². The molecule has 0 aliphatic heterocycles. The Hall–Kier alpha value is -4.03. The molecule has 0 N–H and O–H groups in total. The van der Waals surface area contributed by atoms with Crippen LogP contribution in [0.25, 0.3) is 38.9 Å². The zero-order valence-electron chi connectivity index (χ0n) is 17.7. The fraction of sp³-hybridized carbons (Fsp3) is 0.0769. The Morgan fingerprint density at radius 3 is 2.39 bits per heavy atom. The van der Waals surface area contributed by atoms with Gasteiger partial charge in [0.05, 0.1) is 23.3 Å². The standard InChI is InChI=1S/C26H18ClN5O/c1-16-9-11-17(12-10-16)14-31-15-28-24-22(26(31)33)23-25(30-21-8-3-2-7-20(21)29-23)32(24)19-6-4-5-18(27)13-19/h2-13,15H,14H2,1H3. The van der Waals surface area contributed by atoms with E-state index in [2.05, 4.69) is 0 Å². The third-order valence-corrected chi connectivity index (χ3v) is 6.01. The van der Waals surface area contributed by atoms with Crippen LogP contribution >= 0.6 is 11.6 Å². The number of fused-ring (bicyclic) bond motifs is 4. The van der Waals surface area contributed by atoms with Crippen molar-refractivity contribution >= 4 is 44.8 Å². The monoisotopic (exact) mass is 451 g/mol. The molecule has 33 heavy (non-hydrogen) atoms. The zero-order chi connectivity index (χ0) is 22.5. The van der Waals surface area contributed by atoms with Gasteiger partial charge in [0.15, 0.2) is 11.3 Å². The van der Waals surface area contributed by atoms with Crippen LogP contribution in [-0.2, 0) is 6.54 Å². The minimum Gasteiger partial charge on any atom is -0.294 e. The molecule has 3 aromatic carbocycles. The molecular weight excluding hydrogens is 434 g/mol. The van der Waals surface area contributed by atoms with Gasteiger partial charge in [-0.3, -0.25) is 13.9 Å². The van der Waals surface area contributed by atoms with Crippen molar-refractivity contribution in [3.05, 3.63) is 106 Å². The highest BCUT2D eigenvalue weighted by Gasteiger charge is 2.21. The van der Waals surface area contributed by atoms with E-state index in [0.717, 1.165) is 22.3 Å². The number of para-hydroxylation sites is 2. The molecule has 6 rings (SSSR count). The Balaban J connectivity index is 1.68. The van der Waals surface area contributed by atoms with Crippen LogP contribution in [0.1, 0.15) is 11.1 Å². The maximum atomic E-state index is 13.7. The Bertz CT molecular complexity index is 1730. The molecule has 0 radical (unpaired) electrons. The minimum absolute atomic E-state index is 0.157. The summed E-state index contributed by atoms with van der Waals surface area (Å²) in [7, 11) is 0. The van der Waals surface area contributed by atoms with Gasteiger partial charge in [0.2, 0.25) is 0 Å². The van der Waals surface area contributed by atoms with Crippen molar-refractivity contribution in [1.82, 2.24) is 24.1 Å².